The molecule has 0 N–H and O–H groups in total. The summed E-state index contributed by atoms with van der Waals surface area (Å²) in [6.07, 6.45) is 90.3. The Morgan fingerprint density at radius 2 is 0.476 bits per heavy atom. The van der Waals surface area contributed by atoms with Crippen LogP contribution in [0.2, 0.25) is 0 Å². The van der Waals surface area contributed by atoms with Gasteiger partial charge < -0.3 is 14.2 Å². The van der Waals surface area contributed by atoms with Crippen molar-refractivity contribution < 1.29 is 28.6 Å². The maximum absolute atomic E-state index is 12.9. The number of carbonyl (C=O) groups is 3. The summed E-state index contributed by atoms with van der Waals surface area (Å²) in [5.41, 5.74) is 0. The first kappa shape index (κ1) is 79.4. The van der Waals surface area contributed by atoms with E-state index < -0.39 is 6.10 Å². The summed E-state index contributed by atoms with van der Waals surface area (Å²) in [7, 11) is 0. The van der Waals surface area contributed by atoms with Gasteiger partial charge in [-0.15, -0.1) is 0 Å². The second-order valence-corrected chi connectivity index (χ2v) is 24.8. The summed E-state index contributed by atoms with van der Waals surface area (Å²) < 4.78 is 17.0. The average Bonchev–Trinajstić information content (AvgIpc) is 3.47. The van der Waals surface area contributed by atoms with Gasteiger partial charge in [-0.25, -0.2) is 0 Å². The number of ether oxygens (including phenoxy) is 3. The lowest BCUT2D eigenvalue weighted by atomic mass is 10.0. The van der Waals surface area contributed by atoms with E-state index in [9.17, 15) is 14.4 Å². The predicted octanol–water partition coefficient (Wildman–Crippen LogP) is 25.3. The van der Waals surface area contributed by atoms with Crippen molar-refractivity contribution >= 4 is 17.9 Å². The third-order valence-corrected chi connectivity index (χ3v) is 16.6. The zero-order valence-corrected chi connectivity index (χ0v) is 55.3. The van der Waals surface area contributed by atoms with E-state index in [1.807, 2.05) is 0 Å². The maximum Gasteiger partial charge on any atom is 0.306 e. The summed E-state index contributed by atoms with van der Waals surface area (Å²) >= 11 is 0. The normalized spacial score (nSPS) is 12.3. The third-order valence-electron chi connectivity index (χ3n) is 16.6. The summed E-state index contributed by atoms with van der Waals surface area (Å²) in [4.78, 5) is 38.4. The SMILES string of the molecule is CC/C=C\C/C=C\C/C=C\CCCCCC(=O)OCC(COC(=O)CCCCCCCCCCCCCCCCCCCCCCCCCCCCCCCC)OC(=O)CCCCCCCCCCC/C=C\CCCCCCCCCC. The van der Waals surface area contributed by atoms with Crippen LogP contribution in [0.1, 0.15) is 400 Å². The van der Waals surface area contributed by atoms with Crippen LogP contribution in [0.25, 0.3) is 0 Å². The van der Waals surface area contributed by atoms with Crippen LogP contribution in [0.4, 0.5) is 0 Å². The van der Waals surface area contributed by atoms with E-state index >= 15 is 0 Å². The van der Waals surface area contributed by atoms with Gasteiger partial charge in [-0.3, -0.25) is 14.4 Å². The van der Waals surface area contributed by atoms with Gasteiger partial charge in [0.05, 0.1) is 0 Å². The number of allylic oxidation sites excluding steroid dienone is 8. The molecular weight excluding hydrogens is 1010 g/mol. The molecule has 6 nitrogen and oxygen atoms in total. The van der Waals surface area contributed by atoms with Crippen molar-refractivity contribution in [2.75, 3.05) is 13.2 Å². The molecule has 6 heteroatoms. The molecule has 0 amide bonds. The minimum absolute atomic E-state index is 0.0794. The molecule has 0 radical (unpaired) electrons. The van der Waals surface area contributed by atoms with E-state index in [-0.39, 0.29) is 31.1 Å². The Kier molecular flexibility index (Phi) is 68.6. The molecule has 0 aromatic rings. The van der Waals surface area contributed by atoms with Gasteiger partial charge in [0, 0.05) is 19.3 Å². The van der Waals surface area contributed by atoms with Gasteiger partial charge in [0.1, 0.15) is 13.2 Å². The Labute approximate surface area is 511 Å². The van der Waals surface area contributed by atoms with E-state index in [0.29, 0.717) is 19.3 Å². The topological polar surface area (TPSA) is 78.9 Å². The number of hydrogen-bond donors (Lipinski definition) is 0. The van der Waals surface area contributed by atoms with Gasteiger partial charge in [-0.1, -0.05) is 352 Å². The quantitative estimate of drug-likeness (QED) is 0.0261. The Balaban J connectivity index is 4.18. The summed E-state index contributed by atoms with van der Waals surface area (Å²) in [5.74, 6) is -0.887. The van der Waals surface area contributed by atoms with Gasteiger partial charge in [0.25, 0.3) is 0 Å². The lowest BCUT2D eigenvalue weighted by Crippen LogP contribution is -2.30. The van der Waals surface area contributed by atoms with Crippen molar-refractivity contribution in [3.05, 3.63) is 48.6 Å². The number of esters is 3. The van der Waals surface area contributed by atoms with Crippen LogP contribution >= 0.6 is 0 Å². The second-order valence-electron chi connectivity index (χ2n) is 24.8. The monoisotopic (exact) mass is 1150 g/mol. The van der Waals surface area contributed by atoms with Crippen LogP contribution in [0.15, 0.2) is 48.6 Å². The molecule has 0 aliphatic heterocycles. The highest BCUT2D eigenvalue weighted by Gasteiger charge is 2.19. The molecule has 0 aromatic carbocycles. The molecule has 1 unspecified atom stereocenters. The number of unbranched alkanes of at least 4 members (excludes halogenated alkanes) is 49. The molecule has 0 saturated heterocycles. The predicted molar refractivity (Wildman–Crippen MR) is 358 cm³/mol. The molecule has 0 fully saturated rings. The maximum atomic E-state index is 12.9. The number of hydrogen-bond acceptors (Lipinski definition) is 6. The number of carbonyl (C=O) groups excluding carboxylic acids is 3. The van der Waals surface area contributed by atoms with Crippen molar-refractivity contribution in [3.63, 3.8) is 0 Å². The highest BCUT2D eigenvalue weighted by Crippen LogP contribution is 2.19. The standard InChI is InChI=1S/C76H140O6/c1-4-7-10-13-16-19-22-25-27-29-31-33-34-35-36-37-38-39-40-41-43-44-46-48-51-54-57-60-63-66-69-75(78)81-72-73(71-80-74(77)68-65-62-59-56-53-50-24-21-18-15-12-9-6-3)82-76(79)70-67-64-61-58-55-52-49-47-45-42-32-30-28-26-23-20-17-14-11-8-5-2/h9,12,18,21,30,32,50,53,73H,4-8,10-11,13-17,19-20,22-29,31,33-49,51-52,54-72H2,1-3H3/b12-9-,21-18-,32-30-,53-50-. The van der Waals surface area contributed by atoms with E-state index in [0.717, 1.165) is 83.5 Å². The fraction of sp³-hybridized carbons (Fsp3) is 0.855. The molecule has 0 rings (SSSR count). The fourth-order valence-corrected chi connectivity index (χ4v) is 11.1. The number of rotatable bonds is 68. The van der Waals surface area contributed by atoms with Crippen molar-refractivity contribution in [3.8, 4) is 0 Å². The Morgan fingerprint density at radius 1 is 0.256 bits per heavy atom. The van der Waals surface area contributed by atoms with Crippen molar-refractivity contribution in [1.82, 2.24) is 0 Å². The fourth-order valence-electron chi connectivity index (χ4n) is 11.1. The van der Waals surface area contributed by atoms with Gasteiger partial charge >= 0.3 is 17.9 Å². The molecule has 0 aromatic heterocycles. The summed E-state index contributed by atoms with van der Waals surface area (Å²) in [5, 5.41) is 0. The van der Waals surface area contributed by atoms with Crippen molar-refractivity contribution in [1.29, 1.82) is 0 Å². The zero-order chi connectivity index (χ0) is 59.2. The molecule has 0 saturated carbocycles. The second kappa shape index (κ2) is 70.9. The van der Waals surface area contributed by atoms with Gasteiger partial charge in [-0.05, 0) is 77.0 Å². The highest BCUT2D eigenvalue weighted by atomic mass is 16.6. The van der Waals surface area contributed by atoms with Crippen LogP contribution in [-0.2, 0) is 28.6 Å². The Hall–Kier alpha value is -2.63. The van der Waals surface area contributed by atoms with Gasteiger partial charge in [0.15, 0.2) is 6.10 Å². The van der Waals surface area contributed by atoms with E-state index in [1.165, 1.54) is 276 Å². The Morgan fingerprint density at radius 3 is 0.768 bits per heavy atom. The summed E-state index contributed by atoms with van der Waals surface area (Å²) in [6.45, 7) is 6.57. The van der Waals surface area contributed by atoms with Crippen molar-refractivity contribution in [2.45, 2.75) is 406 Å². The first-order chi connectivity index (χ1) is 40.5. The molecule has 1 atom stereocenters. The van der Waals surface area contributed by atoms with E-state index in [4.69, 9.17) is 14.2 Å². The van der Waals surface area contributed by atoms with Crippen LogP contribution < -0.4 is 0 Å². The van der Waals surface area contributed by atoms with Crippen LogP contribution in [-0.4, -0.2) is 37.2 Å². The first-order valence-corrected chi connectivity index (χ1v) is 36.6. The molecule has 0 bridgehead atoms. The molecule has 0 aliphatic rings. The molecule has 0 heterocycles. The molecule has 480 valence electrons. The third kappa shape index (κ3) is 68.2. The average molecular weight is 1150 g/mol. The first-order valence-electron chi connectivity index (χ1n) is 36.6. The lowest BCUT2D eigenvalue weighted by molar-refractivity contribution is -0.167. The molecule has 82 heavy (non-hydrogen) atoms. The molecular formula is C76H140O6. The summed E-state index contributed by atoms with van der Waals surface area (Å²) in [6, 6.07) is 0. The van der Waals surface area contributed by atoms with E-state index in [2.05, 4.69) is 69.4 Å². The van der Waals surface area contributed by atoms with Gasteiger partial charge in [-0.2, -0.15) is 0 Å². The highest BCUT2D eigenvalue weighted by molar-refractivity contribution is 5.71. The molecule has 0 aliphatic carbocycles. The lowest BCUT2D eigenvalue weighted by Gasteiger charge is -2.18. The van der Waals surface area contributed by atoms with Crippen LogP contribution in [0.5, 0.6) is 0 Å². The van der Waals surface area contributed by atoms with Crippen molar-refractivity contribution in [2.24, 2.45) is 0 Å². The van der Waals surface area contributed by atoms with Crippen LogP contribution in [0.3, 0.4) is 0 Å². The Bertz CT molecular complexity index is 1410. The molecule has 0 spiro atoms. The van der Waals surface area contributed by atoms with Crippen LogP contribution in [0, 0.1) is 0 Å². The minimum atomic E-state index is -0.786. The van der Waals surface area contributed by atoms with E-state index in [1.54, 1.807) is 0 Å². The van der Waals surface area contributed by atoms with Gasteiger partial charge in [0.2, 0.25) is 0 Å². The largest absolute Gasteiger partial charge is 0.462 e. The minimum Gasteiger partial charge on any atom is -0.462 e. The smallest absolute Gasteiger partial charge is 0.306 e. The zero-order valence-electron chi connectivity index (χ0n) is 55.3.